The predicted octanol–water partition coefficient (Wildman–Crippen LogP) is 2.86. The number of hydrogen-bond donors (Lipinski definition) is 0. The van der Waals surface area contributed by atoms with Crippen molar-refractivity contribution in [1.29, 1.82) is 0 Å². The predicted molar refractivity (Wildman–Crippen MR) is 117 cm³/mol. The molecule has 0 radical (unpaired) electrons. The molecule has 4 rings (SSSR count). The van der Waals surface area contributed by atoms with Crippen molar-refractivity contribution in [1.82, 2.24) is 19.6 Å². The van der Waals surface area contributed by atoms with Gasteiger partial charge in [-0.2, -0.15) is 5.10 Å². The number of nitrogens with zero attached hydrogens (tertiary/aromatic N) is 4. The van der Waals surface area contributed by atoms with Gasteiger partial charge in [-0.1, -0.05) is 24.3 Å². The Morgan fingerprint density at radius 1 is 1.03 bits per heavy atom. The molecule has 0 unspecified atom stereocenters. The Kier molecular flexibility index (Phi) is 6.20. The zero-order chi connectivity index (χ0) is 22.7. The summed E-state index contributed by atoms with van der Waals surface area (Å²) in [7, 11) is 1.60. The summed E-state index contributed by atoms with van der Waals surface area (Å²) in [5, 5.41) is 4.22. The molecule has 1 aliphatic rings. The van der Waals surface area contributed by atoms with Gasteiger partial charge in [0.2, 0.25) is 5.91 Å². The third kappa shape index (κ3) is 4.34. The topological polar surface area (TPSA) is 67.7 Å². The second-order valence-electron chi connectivity index (χ2n) is 7.71. The molecule has 2 heterocycles. The Balaban J connectivity index is 1.39. The van der Waals surface area contributed by atoms with Crippen LogP contribution >= 0.6 is 0 Å². The first-order chi connectivity index (χ1) is 15.5. The van der Waals surface area contributed by atoms with E-state index in [9.17, 15) is 14.0 Å². The number of amides is 2. The lowest BCUT2D eigenvalue weighted by molar-refractivity contribution is -0.131. The van der Waals surface area contributed by atoms with Gasteiger partial charge in [-0.3, -0.25) is 9.59 Å². The fourth-order valence-corrected chi connectivity index (χ4v) is 3.88. The average Bonchev–Trinajstić information content (AvgIpc) is 3.20. The largest absolute Gasteiger partial charge is 0.497 e. The maximum absolute atomic E-state index is 14.1. The van der Waals surface area contributed by atoms with E-state index in [-0.39, 0.29) is 11.8 Å². The minimum Gasteiger partial charge on any atom is -0.497 e. The number of rotatable bonds is 5. The van der Waals surface area contributed by atoms with Gasteiger partial charge in [0.25, 0.3) is 5.91 Å². The highest BCUT2D eigenvalue weighted by atomic mass is 19.1. The average molecular weight is 436 g/mol. The maximum atomic E-state index is 14.1. The molecule has 1 aromatic heterocycles. The molecule has 1 saturated heterocycles. The molecule has 0 aliphatic carbocycles. The van der Waals surface area contributed by atoms with Gasteiger partial charge in [-0.25, -0.2) is 9.07 Å². The summed E-state index contributed by atoms with van der Waals surface area (Å²) in [5.74, 6) is 0.178. The van der Waals surface area contributed by atoms with E-state index in [1.807, 2.05) is 24.3 Å². The van der Waals surface area contributed by atoms with Crippen LogP contribution in [0.5, 0.6) is 5.75 Å². The third-order valence-corrected chi connectivity index (χ3v) is 5.73. The lowest BCUT2D eigenvalue weighted by Crippen LogP contribution is -2.51. The van der Waals surface area contributed by atoms with Crippen molar-refractivity contribution in [2.75, 3.05) is 33.3 Å². The monoisotopic (exact) mass is 436 g/mol. The molecule has 7 nitrogen and oxygen atoms in total. The van der Waals surface area contributed by atoms with Crippen LogP contribution in [0, 0.1) is 12.7 Å². The Morgan fingerprint density at radius 3 is 2.47 bits per heavy atom. The molecule has 0 saturated carbocycles. The van der Waals surface area contributed by atoms with Crippen molar-refractivity contribution < 1.29 is 18.7 Å². The number of piperazine rings is 1. The molecule has 8 heteroatoms. The Hall–Kier alpha value is -3.68. The first-order valence-electron chi connectivity index (χ1n) is 10.5. The normalized spacial score (nSPS) is 13.8. The molecule has 2 amide bonds. The van der Waals surface area contributed by atoms with Crippen molar-refractivity contribution in [3.05, 3.63) is 77.4 Å². The maximum Gasteiger partial charge on any atom is 0.257 e. The lowest BCUT2D eigenvalue weighted by Gasteiger charge is -2.34. The lowest BCUT2D eigenvalue weighted by atomic mass is 10.1. The second kappa shape index (κ2) is 9.21. The number of para-hydroxylation sites is 1. The van der Waals surface area contributed by atoms with Gasteiger partial charge in [0.1, 0.15) is 17.3 Å². The van der Waals surface area contributed by atoms with Crippen LogP contribution in [-0.2, 0) is 11.2 Å². The molecule has 2 aromatic carbocycles. The number of benzene rings is 2. The first kappa shape index (κ1) is 21.5. The fourth-order valence-electron chi connectivity index (χ4n) is 3.88. The zero-order valence-corrected chi connectivity index (χ0v) is 18.1. The number of methoxy groups -OCH3 is 1. The van der Waals surface area contributed by atoms with E-state index < -0.39 is 5.82 Å². The SMILES string of the molecule is COc1cccc(CC(=O)N2CCN(C(=O)c3cnn(-c4ccccc4F)c3C)CC2)c1. The van der Waals surface area contributed by atoms with E-state index in [0.717, 1.165) is 11.3 Å². The highest BCUT2D eigenvalue weighted by molar-refractivity contribution is 5.95. The summed E-state index contributed by atoms with van der Waals surface area (Å²) in [6.07, 6.45) is 1.77. The van der Waals surface area contributed by atoms with Crippen molar-refractivity contribution in [3.63, 3.8) is 0 Å². The highest BCUT2D eigenvalue weighted by Gasteiger charge is 2.27. The Labute approximate surface area is 186 Å². The molecule has 0 N–H and O–H groups in total. The zero-order valence-electron chi connectivity index (χ0n) is 18.1. The van der Waals surface area contributed by atoms with Crippen LogP contribution in [0.15, 0.2) is 54.7 Å². The minimum absolute atomic E-state index is 0.0221. The molecule has 32 heavy (non-hydrogen) atoms. The number of ether oxygens (including phenoxy) is 1. The van der Waals surface area contributed by atoms with Gasteiger partial charge in [0.05, 0.1) is 31.0 Å². The summed E-state index contributed by atoms with van der Waals surface area (Å²) in [6, 6.07) is 13.8. The standard InChI is InChI=1S/C24H25FN4O3/c1-17-20(16-26-29(17)22-9-4-3-8-21(22)25)24(31)28-12-10-27(11-13-28)23(30)15-18-6-5-7-19(14-18)32-2/h3-9,14,16H,10-13,15H2,1-2H3. The van der Waals surface area contributed by atoms with Crippen LogP contribution in [-0.4, -0.2) is 64.7 Å². The van der Waals surface area contributed by atoms with Gasteiger partial charge < -0.3 is 14.5 Å². The quantitative estimate of drug-likeness (QED) is 0.617. The molecular formula is C24H25FN4O3. The highest BCUT2D eigenvalue weighted by Crippen LogP contribution is 2.19. The van der Waals surface area contributed by atoms with Crippen molar-refractivity contribution in [2.45, 2.75) is 13.3 Å². The van der Waals surface area contributed by atoms with Gasteiger partial charge in [0, 0.05) is 26.2 Å². The Bertz CT molecular complexity index is 1140. The van der Waals surface area contributed by atoms with Gasteiger partial charge >= 0.3 is 0 Å². The minimum atomic E-state index is -0.402. The van der Waals surface area contributed by atoms with E-state index in [0.29, 0.717) is 49.5 Å². The summed E-state index contributed by atoms with van der Waals surface area (Å²) in [5.41, 5.74) is 2.21. The van der Waals surface area contributed by atoms with Crippen molar-refractivity contribution in [2.24, 2.45) is 0 Å². The van der Waals surface area contributed by atoms with Gasteiger partial charge in [-0.05, 0) is 36.8 Å². The third-order valence-electron chi connectivity index (χ3n) is 5.73. The number of carbonyl (C=O) groups excluding carboxylic acids is 2. The van der Waals surface area contributed by atoms with Crippen LogP contribution in [0.4, 0.5) is 4.39 Å². The van der Waals surface area contributed by atoms with Gasteiger partial charge in [0.15, 0.2) is 0 Å². The molecule has 0 spiro atoms. The molecule has 1 fully saturated rings. The van der Waals surface area contributed by atoms with E-state index >= 15 is 0 Å². The van der Waals surface area contributed by atoms with Crippen LogP contribution in [0.2, 0.25) is 0 Å². The molecule has 0 atom stereocenters. The molecule has 166 valence electrons. The summed E-state index contributed by atoms with van der Waals surface area (Å²) in [6.45, 7) is 3.56. The number of halogens is 1. The van der Waals surface area contributed by atoms with Crippen molar-refractivity contribution in [3.8, 4) is 11.4 Å². The van der Waals surface area contributed by atoms with Crippen LogP contribution in [0.1, 0.15) is 21.6 Å². The summed E-state index contributed by atoms with van der Waals surface area (Å²) >= 11 is 0. The molecular weight excluding hydrogens is 411 g/mol. The summed E-state index contributed by atoms with van der Waals surface area (Å²) in [4.78, 5) is 29.2. The number of aromatic nitrogens is 2. The van der Waals surface area contributed by atoms with E-state index in [1.54, 1.807) is 42.0 Å². The second-order valence-corrected chi connectivity index (χ2v) is 7.71. The van der Waals surface area contributed by atoms with Crippen molar-refractivity contribution >= 4 is 11.8 Å². The van der Waals surface area contributed by atoms with Gasteiger partial charge in [-0.15, -0.1) is 0 Å². The van der Waals surface area contributed by atoms with E-state index in [2.05, 4.69) is 5.10 Å². The molecule has 0 bridgehead atoms. The van der Waals surface area contributed by atoms with Crippen LogP contribution in [0.25, 0.3) is 5.69 Å². The number of carbonyl (C=O) groups is 2. The fraction of sp³-hybridized carbons (Fsp3) is 0.292. The van der Waals surface area contributed by atoms with E-state index in [1.165, 1.54) is 16.9 Å². The molecule has 3 aromatic rings. The first-order valence-corrected chi connectivity index (χ1v) is 10.5. The smallest absolute Gasteiger partial charge is 0.257 e. The van der Waals surface area contributed by atoms with Crippen LogP contribution in [0.3, 0.4) is 0 Å². The van der Waals surface area contributed by atoms with E-state index in [4.69, 9.17) is 4.74 Å². The summed E-state index contributed by atoms with van der Waals surface area (Å²) < 4.78 is 20.8. The van der Waals surface area contributed by atoms with Crippen LogP contribution < -0.4 is 4.74 Å². The Morgan fingerprint density at radius 2 is 1.75 bits per heavy atom. The number of hydrogen-bond acceptors (Lipinski definition) is 4. The molecule has 1 aliphatic heterocycles.